The average Bonchev–Trinajstić information content (AvgIpc) is 3.23. The van der Waals surface area contributed by atoms with Gasteiger partial charge in [-0.25, -0.2) is 9.29 Å². The molecule has 1 aromatic heterocycles. The Morgan fingerprint density at radius 3 is 2.65 bits per heavy atom. The minimum absolute atomic E-state index is 0.0679. The van der Waals surface area contributed by atoms with Crippen LogP contribution in [0.3, 0.4) is 0 Å². The molecule has 0 bridgehead atoms. The Bertz CT molecular complexity index is 816. The monoisotopic (exact) mass is 330 g/mol. The van der Waals surface area contributed by atoms with Crippen LogP contribution in [0, 0.1) is 5.82 Å². The van der Waals surface area contributed by atoms with E-state index in [0.717, 1.165) is 9.78 Å². The Morgan fingerprint density at radius 2 is 1.96 bits per heavy atom. The molecular formula is C16H11FN2O3S. The van der Waals surface area contributed by atoms with Gasteiger partial charge in [-0.05, 0) is 35.7 Å². The summed E-state index contributed by atoms with van der Waals surface area (Å²) in [4.78, 5) is 32.4. The van der Waals surface area contributed by atoms with Crippen LogP contribution in [0.4, 0.5) is 10.1 Å². The lowest BCUT2D eigenvalue weighted by atomic mass is 9.95. The van der Waals surface area contributed by atoms with E-state index in [-0.39, 0.29) is 18.7 Å². The highest BCUT2D eigenvalue weighted by Gasteiger charge is 2.58. The van der Waals surface area contributed by atoms with Crippen LogP contribution in [0.15, 0.2) is 46.9 Å². The molecule has 1 spiro atoms. The second-order valence-corrected chi connectivity index (χ2v) is 6.41. The number of carbonyl (C=O) groups excluding carboxylic acids is 2. The Kier molecular flexibility index (Phi) is 3.05. The Labute approximate surface area is 135 Å². The molecule has 4 rings (SSSR count). The zero-order valence-electron chi connectivity index (χ0n) is 11.9. The van der Waals surface area contributed by atoms with E-state index in [4.69, 9.17) is 4.84 Å². The van der Waals surface area contributed by atoms with Crippen LogP contribution in [0.25, 0.3) is 0 Å². The highest BCUT2D eigenvalue weighted by atomic mass is 32.1. The summed E-state index contributed by atoms with van der Waals surface area (Å²) in [6.07, 6.45) is 0.192. The van der Waals surface area contributed by atoms with Gasteiger partial charge >= 0.3 is 0 Å². The van der Waals surface area contributed by atoms with Crippen LogP contribution in [0.2, 0.25) is 0 Å². The smallest absolute Gasteiger partial charge is 0.281 e. The molecule has 2 amide bonds. The van der Waals surface area contributed by atoms with Gasteiger partial charge in [0.2, 0.25) is 11.5 Å². The second-order valence-electron chi connectivity index (χ2n) is 5.47. The normalized spacial score (nSPS) is 23.5. The van der Waals surface area contributed by atoms with Crippen molar-refractivity contribution in [2.24, 2.45) is 5.16 Å². The maximum Gasteiger partial charge on any atom is 0.281 e. The van der Waals surface area contributed by atoms with Gasteiger partial charge in [0.1, 0.15) is 11.5 Å². The maximum atomic E-state index is 13.0. The van der Waals surface area contributed by atoms with E-state index < -0.39 is 17.3 Å². The SMILES string of the molecule is O=C1C[C@]2(CC(c3cccs3)=NO2)C(=O)N1c1ccc(F)cc1. The number of hydrogen-bond donors (Lipinski definition) is 0. The van der Waals surface area contributed by atoms with Gasteiger partial charge in [0.05, 0.1) is 17.0 Å². The van der Waals surface area contributed by atoms with Gasteiger partial charge in [-0.3, -0.25) is 9.59 Å². The number of hydrogen-bond acceptors (Lipinski definition) is 5. The van der Waals surface area contributed by atoms with Gasteiger partial charge in [0.25, 0.3) is 5.91 Å². The number of thiophene rings is 1. The van der Waals surface area contributed by atoms with Gasteiger partial charge in [-0.2, -0.15) is 0 Å². The summed E-state index contributed by atoms with van der Waals surface area (Å²) in [5.74, 6) is -1.25. The summed E-state index contributed by atoms with van der Waals surface area (Å²) in [5.41, 5.74) is -0.265. The van der Waals surface area contributed by atoms with Gasteiger partial charge < -0.3 is 4.84 Å². The molecule has 0 N–H and O–H groups in total. The van der Waals surface area contributed by atoms with E-state index in [1.165, 1.54) is 35.6 Å². The van der Waals surface area contributed by atoms with Crippen molar-refractivity contribution in [2.45, 2.75) is 18.4 Å². The number of rotatable bonds is 2. The fourth-order valence-electron chi connectivity index (χ4n) is 2.83. The highest BCUT2D eigenvalue weighted by molar-refractivity contribution is 7.12. The third-order valence-corrected chi connectivity index (χ3v) is 4.87. The Balaban J connectivity index is 1.62. The van der Waals surface area contributed by atoms with Gasteiger partial charge in [0, 0.05) is 6.42 Å². The minimum Gasteiger partial charge on any atom is -0.378 e. The van der Waals surface area contributed by atoms with E-state index in [9.17, 15) is 14.0 Å². The average molecular weight is 330 g/mol. The van der Waals surface area contributed by atoms with Crippen LogP contribution in [-0.2, 0) is 14.4 Å². The lowest BCUT2D eigenvalue weighted by Crippen LogP contribution is -2.40. The van der Waals surface area contributed by atoms with Crippen LogP contribution < -0.4 is 4.90 Å². The van der Waals surface area contributed by atoms with E-state index in [2.05, 4.69) is 5.16 Å². The number of halogens is 1. The lowest BCUT2D eigenvalue weighted by molar-refractivity contribution is -0.136. The predicted octanol–water partition coefficient (Wildman–Crippen LogP) is 2.71. The zero-order valence-corrected chi connectivity index (χ0v) is 12.7. The molecule has 0 unspecified atom stereocenters. The molecule has 116 valence electrons. The maximum absolute atomic E-state index is 13.0. The van der Waals surface area contributed by atoms with Gasteiger partial charge in [0.15, 0.2) is 0 Å². The number of amides is 2. The molecule has 1 fully saturated rings. The summed E-state index contributed by atoms with van der Waals surface area (Å²) in [5, 5.41) is 5.92. The molecule has 2 aromatic rings. The van der Waals surface area contributed by atoms with Crippen molar-refractivity contribution < 1.29 is 18.8 Å². The van der Waals surface area contributed by atoms with Crippen molar-refractivity contribution in [2.75, 3.05) is 4.90 Å². The zero-order chi connectivity index (χ0) is 16.0. The van der Waals surface area contributed by atoms with E-state index >= 15 is 0 Å². The largest absolute Gasteiger partial charge is 0.378 e. The first kappa shape index (κ1) is 14.1. The predicted molar refractivity (Wildman–Crippen MR) is 82.8 cm³/mol. The van der Waals surface area contributed by atoms with Crippen molar-refractivity contribution in [1.82, 2.24) is 0 Å². The lowest BCUT2D eigenvalue weighted by Gasteiger charge is -2.19. The first-order valence-corrected chi connectivity index (χ1v) is 7.89. The van der Waals surface area contributed by atoms with Gasteiger partial charge in [-0.1, -0.05) is 11.2 Å². The number of imide groups is 1. The van der Waals surface area contributed by atoms with E-state index in [0.29, 0.717) is 11.4 Å². The molecule has 1 atom stereocenters. The van der Waals surface area contributed by atoms with Crippen LogP contribution in [0.5, 0.6) is 0 Å². The molecular weight excluding hydrogens is 319 g/mol. The standard InChI is InChI=1S/C16H11FN2O3S/c17-10-3-5-11(6-4-10)19-14(20)9-16(15(19)21)8-12(18-22-16)13-2-1-7-23-13/h1-7H,8-9H2/t16-/m1/s1. The highest BCUT2D eigenvalue weighted by Crippen LogP contribution is 2.39. The van der Waals surface area contributed by atoms with Crippen molar-refractivity contribution in [3.05, 3.63) is 52.5 Å². The van der Waals surface area contributed by atoms with Crippen LogP contribution >= 0.6 is 11.3 Å². The third-order valence-electron chi connectivity index (χ3n) is 3.95. The summed E-state index contributed by atoms with van der Waals surface area (Å²) in [6.45, 7) is 0. The Hall–Kier alpha value is -2.54. The molecule has 2 aliphatic rings. The topological polar surface area (TPSA) is 59.0 Å². The molecule has 7 heteroatoms. The molecule has 0 saturated carbocycles. The summed E-state index contributed by atoms with van der Waals surface area (Å²) >= 11 is 1.50. The number of benzene rings is 1. The van der Waals surface area contributed by atoms with Crippen LogP contribution in [-0.4, -0.2) is 23.1 Å². The molecule has 1 aromatic carbocycles. The molecule has 1 saturated heterocycles. The number of carbonyl (C=O) groups is 2. The number of anilines is 1. The number of oxime groups is 1. The quantitative estimate of drug-likeness (QED) is 0.796. The summed E-state index contributed by atoms with van der Waals surface area (Å²) in [6, 6.07) is 9.01. The molecule has 5 nitrogen and oxygen atoms in total. The van der Waals surface area contributed by atoms with Crippen molar-refractivity contribution in [1.29, 1.82) is 0 Å². The summed E-state index contributed by atoms with van der Waals surface area (Å²) < 4.78 is 13.0. The molecule has 0 aliphatic carbocycles. The minimum atomic E-state index is -1.27. The van der Waals surface area contributed by atoms with E-state index in [1.807, 2.05) is 17.5 Å². The fourth-order valence-corrected chi connectivity index (χ4v) is 3.54. The molecule has 0 radical (unpaired) electrons. The van der Waals surface area contributed by atoms with Crippen LogP contribution in [0.1, 0.15) is 17.7 Å². The summed E-state index contributed by atoms with van der Waals surface area (Å²) in [7, 11) is 0. The van der Waals surface area contributed by atoms with Crippen molar-refractivity contribution >= 4 is 34.6 Å². The fraction of sp³-hybridized carbons (Fsp3) is 0.188. The Morgan fingerprint density at radius 1 is 1.17 bits per heavy atom. The van der Waals surface area contributed by atoms with Crippen molar-refractivity contribution in [3.63, 3.8) is 0 Å². The van der Waals surface area contributed by atoms with E-state index in [1.54, 1.807) is 0 Å². The molecule has 23 heavy (non-hydrogen) atoms. The first-order chi connectivity index (χ1) is 11.1. The first-order valence-electron chi connectivity index (χ1n) is 7.01. The second kappa shape index (κ2) is 4.99. The molecule has 2 aliphatic heterocycles. The van der Waals surface area contributed by atoms with Gasteiger partial charge in [-0.15, -0.1) is 11.3 Å². The van der Waals surface area contributed by atoms with Crippen molar-refractivity contribution in [3.8, 4) is 0 Å². The number of nitrogens with zero attached hydrogens (tertiary/aromatic N) is 2. The third kappa shape index (κ3) is 2.16. The molecule has 3 heterocycles.